The van der Waals surface area contributed by atoms with E-state index in [-0.39, 0.29) is 0 Å². The summed E-state index contributed by atoms with van der Waals surface area (Å²) in [4.78, 5) is 11.9. The van der Waals surface area contributed by atoms with Gasteiger partial charge in [0.2, 0.25) is 5.71 Å². The molecule has 0 aliphatic heterocycles. The van der Waals surface area contributed by atoms with Crippen LogP contribution in [0.3, 0.4) is 0 Å². The first-order valence-corrected chi connectivity index (χ1v) is 13.2. The van der Waals surface area contributed by atoms with Gasteiger partial charge in [0, 0.05) is 32.3 Å². The number of hydrogen-bond donors (Lipinski definition) is 0. The molecule has 3 aromatic carbocycles. The number of rotatable bonds is 3. The molecule has 3 nitrogen and oxygen atoms in total. The van der Waals surface area contributed by atoms with Crippen LogP contribution < -0.4 is 0 Å². The first-order valence-electron chi connectivity index (χ1n) is 12.4. The molecule has 0 aliphatic rings. The van der Waals surface area contributed by atoms with Gasteiger partial charge in [0.05, 0.1) is 5.69 Å². The number of thiophene rings is 1. The lowest BCUT2D eigenvalue weighted by Crippen LogP contribution is -1.87. The van der Waals surface area contributed by atoms with Crippen LogP contribution >= 0.6 is 11.3 Å². The van der Waals surface area contributed by atoms with Crippen LogP contribution in [0.1, 0.15) is 16.8 Å². The van der Waals surface area contributed by atoms with Crippen LogP contribution in [-0.4, -0.2) is 9.97 Å². The van der Waals surface area contributed by atoms with E-state index < -0.39 is 0 Å². The van der Waals surface area contributed by atoms with E-state index in [4.69, 9.17) is 9.40 Å². The Bertz CT molecular complexity index is 1940. The Labute approximate surface area is 219 Å². The van der Waals surface area contributed by atoms with E-state index >= 15 is 0 Å². The monoisotopic (exact) mass is 496 g/mol. The summed E-state index contributed by atoms with van der Waals surface area (Å²) in [5, 5.41) is 3.25. The lowest BCUT2D eigenvalue weighted by Gasteiger charge is -2.10. The molecule has 37 heavy (non-hydrogen) atoms. The van der Waals surface area contributed by atoms with Crippen LogP contribution in [0, 0.1) is 20.8 Å². The Morgan fingerprint density at radius 3 is 2.24 bits per heavy atom. The van der Waals surface area contributed by atoms with Crippen molar-refractivity contribution in [1.29, 1.82) is 0 Å². The highest BCUT2D eigenvalue weighted by molar-refractivity contribution is 7.21. The van der Waals surface area contributed by atoms with Gasteiger partial charge in [0.15, 0.2) is 0 Å². The van der Waals surface area contributed by atoms with Crippen molar-refractivity contribution in [2.45, 2.75) is 20.8 Å². The molecule has 0 N–H and O–H groups in total. The second kappa shape index (κ2) is 8.39. The minimum absolute atomic E-state index is 0.672. The van der Waals surface area contributed by atoms with Crippen LogP contribution in [0.2, 0.25) is 0 Å². The molecule has 4 heteroatoms. The summed E-state index contributed by atoms with van der Waals surface area (Å²) in [5.74, 6) is 0. The maximum atomic E-state index is 6.22. The Kier molecular flexibility index (Phi) is 4.98. The molecule has 0 saturated heterocycles. The van der Waals surface area contributed by atoms with Crippen LogP contribution in [0.5, 0.6) is 0 Å². The summed E-state index contributed by atoms with van der Waals surface area (Å²) in [6, 6.07) is 32.2. The average molecular weight is 497 g/mol. The van der Waals surface area contributed by atoms with Crippen molar-refractivity contribution in [3.63, 3.8) is 0 Å². The smallest absolute Gasteiger partial charge is 0.227 e. The molecule has 4 aromatic heterocycles. The Hall–Kier alpha value is -4.28. The third-order valence-corrected chi connectivity index (χ3v) is 8.20. The summed E-state index contributed by atoms with van der Waals surface area (Å²) in [6.07, 6.45) is 0. The van der Waals surface area contributed by atoms with E-state index in [1.165, 1.54) is 32.7 Å². The minimum atomic E-state index is 0.672. The Morgan fingerprint density at radius 1 is 0.676 bits per heavy atom. The van der Waals surface area contributed by atoms with E-state index in [1.54, 1.807) is 11.3 Å². The van der Waals surface area contributed by atoms with Crippen molar-refractivity contribution < 1.29 is 4.42 Å². The highest BCUT2D eigenvalue weighted by Crippen LogP contribution is 2.38. The van der Waals surface area contributed by atoms with E-state index in [1.807, 2.05) is 13.0 Å². The zero-order valence-corrected chi connectivity index (χ0v) is 21.7. The number of aromatic nitrogens is 2. The van der Waals surface area contributed by atoms with Gasteiger partial charge in [0.25, 0.3) is 0 Å². The molecule has 0 amide bonds. The summed E-state index contributed by atoms with van der Waals surface area (Å²) >= 11 is 1.73. The SMILES string of the molecule is Cc1ccc2c(n1)oc1c(-c3ccc4cc(-c5ccc(-c6c(C)cccc6C)cc5)sc4n3)cccc12. The second-order valence-electron chi connectivity index (χ2n) is 9.64. The molecule has 0 radical (unpaired) electrons. The van der Waals surface area contributed by atoms with Crippen molar-refractivity contribution in [3.8, 4) is 32.8 Å². The standard InChI is InChI=1S/C33H24N2OS/c1-19-6-4-7-20(2)30(19)23-13-11-22(12-14-23)29-18-24-15-17-28(35-33(24)37-29)27-9-5-8-25-26-16-10-21(3)34-32(26)36-31(25)27/h4-18H,1-3H3. The van der Waals surface area contributed by atoms with Crippen LogP contribution in [0.25, 0.3) is 65.1 Å². The first-order chi connectivity index (χ1) is 18.0. The molecule has 4 heterocycles. The number of para-hydroxylation sites is 1. The average Bonchev–Trinajstić information content (AvgIpc) is 3.49. The summed E-state index contributed by atoms with van der Waals surface area (Å²) in [7, 11) is 0. The van der Waals surface area contributed by atoms with E-state index in [9.17, 15) is 0 Å². The maximum Gasteiger partial charge on any atom is 0.227 e. The van der Waals surface area contributed by atoms with Gasteiger partial charge in [-0.1, -0.05) is 54.6 Å². The highest BCUT2D eigenvalue weighted by atomic mass is 32.1. The lowest BCUT2D eigenvalue weighted by atomic mass is 9.95. The van der Waals surface area contributed by atoms with Crippen molar-refractivity contribution >= 4 is 43.6 Å². The predicted octanol–water partition coefficient (Wildman–Crippen LogP) is 9.52. The summed E-state index contributed by atoms with van der Waals surface area (Å²) in [6.45, 7) is 6.33. The number of pyridine rings is 2. The topological polar surface area (TPSA) is 38.9 Å². The zero-order chi connectivity index (χ0) is 25.1. The van der Waals surface area contributed by atoms with E-state index in [2.05, 4.69) is 104 Å². The third kappa shape index (κ3) is 3.64. The molecule has 0 saturated carbocycles. The van der Waals surface area contributed by atoms with Crippen molar-refractivity contribution in [2.75, 3.05) is 0 Å². The van der Waals surface area contributed by atoms with Crippen molar-refractivity contribution in [2.24, 2.45) is 0 Å². The lowest BCUT2D eigenvalue weighted by molar-refractivity contribution is 0.653. The number of furan rings is 1. The van der Waals surface area contributed by atoms with Crippen LogP contribution in [-0.2, 0) is 0 Å². The Morgan fingerprint density at radius 2 is 1.43 bits per heavy atom. The molecule has 0 bridgehead atoms. The van der Waals surface area contributed by atoms with Crippen molar-refractivity contribution in [3.05, 3.63) is 108 Å². The van der Waals surface area contributed by atoms with Gasteiger partial charge in [-0.25, -0.2) is 9.97 Å². The third-order valence-electron chi connectivity index (χ3n) is 7.10. The Balaban J connectivity index is 1.28. The highest BCUT2D eigenvalue weighted by Gasteiger charge is 2.15. The van der Waals surface area contributed by atoms with Crippen molar-refractivity contribution in [1.82, 2.24) is 9.97 Å². The van der Waals surface area contributed by atoms with Gasteiger partial charge < -0.3 is 4.42 Å². The van der Waals surface area contributed by atoms with Gasteiger partial charge >= 0.3 is 0 Å². The van der Waals surface area contributed by atoms with Gasteiger partial charge in [-0.15, -0.1) is 11.3 Å². The maximum absolute atomic E-state index is 6.22. The number of nitrogens with zero attached hydrogens (tertiary/aromatic N) is 2. The largest absolute Gasteiger partial charge is 0.437 e. The van der Waals surface area contributed by atoms with Crippen LogP contribution in [0.15, 0.2) is 95.4 Å². The van der Waals surface area contributed by atoms with Crippen LogP contribution in [0.4, 0.5) is 0 Å². The number of aryl methyl sites for hydroxylation is 3. The zero-order valence-electron chi connectivity index (χ0n) is 20.9. The molecule has 0 aliphatic carbocycles. The summed E-state index contributed by atoms with van der Waals surface area (Å²) in [5.41, 5.74) is 10.7. The van der Waals surface area contributed by atoms with Gasteiger partial charge in [-0.3, -0.25) is 0 Å². The molecule has 0 fully saturated rings. The van der Waals surface area contributed by atoms with E-state index in [0.717, 1.165) is 43.5 Å². The normalized spacial score (nSPS) is 11.6. The quantitative estimate of drug-likeness (QED) is 0.244. The number of hydrogen-bond acceptors (Lipinski definition) is 4. The van der Waals surface area contributed by atoms with Gasteiger partial charge in [-0.05, 0) is 85.0 Å². The number of benzene rings is 3. The molecule has 0 atom stereocenters. The predicted molar refractivity (Wildman–Crippen MR) is 155 cm³/mol. The summed E-state index contributed by atoms with van der Waals surface area (Å²) < 4.78 is 6.22. The fourth-order valence-corrected chi connectivity index (χ4v) is 6.29. The van der Waals surface area contributed by atoms with Gasteiger partial charge in [-0.2, -0.15) is 0 Å². The molecular formula is C33H24N2OS. The molecule has 178 valence electrons. The molecule has 0 unspecified atom stereocenters. The van der Waals surface area contributed by atoms with Gasteiger partial charge in [0.1, 0.15) is 10.4 Å². The van der Waals surface area contributed by atoms with E-state index in [0.29, 0.717) is 5.71 Å². The minimum Gasteiger partial charge on any atom is -0.437 e. The second-order valence-corrected chi connectivity index (χ2v) is 10.7. The molecule has 7 rings (SSSR count). The fourth-order valence-electron chi connectivity index (χ4n) is 5.25. The fraction of sp³-hybridized carbons (Fsp3) is 0.0909. The molecule has 0 spiro atoms. The molecule has 7 aromatic rings. The molecular weight excluding hydrogens is 472 g/mol. The first kappa shape index (κ1) is 22.0. The number of fused-ring (bicyclic) bond motifs is 4.